The van der Waals surface area contributed by atoms with Crippen molar-refractivity contribution in [3.8, 4) is 11.3 Å². The molecule has 0 aliphatic carbocycles. The minimum Gasteiger partial charge on any atom is -0.346 e. The molecule has 0 radical (unpaired) electrons. The van der Waals surface area contributed by atoms with E-state index < -0.39 is 5.41 Å². The molecule has 0 spiro atoms. The Labute approximate surface area is 236 Å². The van der Waals surface area contributed by atoms with E-state index in [9.17, 15) is 9.18 Å². The average molecular weight is 551 g/mol. The Kier molecular flexibility index (Phi) is 7.36. The van der Waals surface area contributed by atoms with Gasteiger partial charge in [0.15, 0.2) is 0 Å². The van der Waals surface area contributed by atoms with Crippen LogP contribution in [0.4, 0.5) is 4.39 Å². The zero-order valence-electron chi connectivity index (χ0n) is 24.0. The summed E-state index contributed by atoms with van der Waals surface area (Å²) in [5.41, 5.74) is 5.82. The summed E-state index contributed by atoms with van der Waals surface area (Å²) in [6, 6.07) is 9.99. The van der Waals surface area contributed by atoms with Gasteiger partial charge in [0.2, 0.25) is 5.91 Å². The number of aromatic nitrogens is 1. The highest BCUT2D eigenvalue weighted by molar-refractivity contribution is 7.19. The molecule has 2 bridgehead atoms. The van der Waals surface area contributed by atoms with E-state index in [2.05, 4.69) is 71.6 Å². The number of benzene rings is 1. The number of halogens is 1. The van der Waals surface area contributed by atoms with E-state index in [-0.39, 0.29) is 6.67 Å². The Morgan fingerprint density at radius 2 is 1.54 bits per heavy atom. The molecule has 3 aliphatic rings. The van der Waals surface area contributed by atoms with Crippen LogP contribution < -0.4 is 0 Å². The van der Waals surface area contributed by atoms with Crippen molar-refractivity contribution in [3.63, 3.8) is 0 Å². The zero-order chi connectivity index (χ0) is 27.3. The highest BCUT2D eigenvalue weighted by atomic mass is 32.1. The minimum absolute atomic E-state index is 0.265. The number of aromatic amines is 1. The number of hydrogen-bond acceptors (Lipinski definition) is 4. The third kappa shape index (κ3) is 5.07. The number of alkyl halides is 1. The summed E-state index contributed by atoms with van der Waals surface area (Å²) in [5, 5.41) is 1.27. The Morgan fingerprint density at radius 1 is 0.949 bits per heavy atom. The van der Waals surface area contributed by atoms with E-state index in [1.54, 1.807) is 11.3 Å². The molecule has 39 heavy (non-hydrogen) atoms. The van der Waals surface area contributed by atoms with Crippen molar-refractivity contribution in [1.29, 1.82) is 0 Å². The Hall–Kier alpha value is -2.22. The van der Waals surface area contributed by atoms with Gasteiger partial charge in [-0.2, -0.15) is 0 Å². The largest absolute Gasteiger partial charge is 0.346 e. The molecule has 6 rings (SSSR count). The lowest BCUT2D eigenvalue weighted by molar-refractivity contribution is -0.137. The molecule has 3 fully saturated rings. The van der Waals surface area contributed by atoms with Crippen LogP contribution in [0.5, 0.6) is 0 Å². The molecule has 0 unspecified atom stereocenters. The number of nitrogens with zero attached hydrogens (tertiary/aromatic N) is 3. The third-order valence-corrected chi connectivity index (χ3v) is 10.9. The van der Waals surface area contributed by atoms with Crippen molar-refractivity contribution < 1.29 is 9.18 Å². The third-order valence-electron chi connectivity index (χ3n) is 9.49. The van der Waals surface area contributed by atoms with E-state index >= 15 is 0 Å². The van der Waals surface area contributed by atoms with Crippen LogP contribution in [0, 0.1) is 13.8 Å². The number of hydrogen-bond donors (Lipinski definition) is 1. The first-order chi connectivity index (χ1) is 18.7. The minimum atomic E-state index is -0.528. The van der Waals surface area contributed by atoms with Crippen molar-refractivity contribution in [2.45, 2.75) is 77.3 Å². The van der Waals surface area contributed by atoms with Gasteiger partial charge in [0.1, 0.15) is 11.5 Å². The monoisotopic (exact) mass is 550 g/mol. The number of amides is 1. The number of nitrogens with one attached hydrogen (secondary N) is 1. The quantitative estimate of drug-likeness (QED) is 0.370. The molecule has 3 aliphatic heterocycles. The van der Waals surface area contributed by atoms with Gasteiger partial charge in [0.25, 0.3) is 0 Å². The van der Waals surface area contributed by atoms with Crippen molar-refractivity contribution in [2.75, 3.05) is 45.9 Å². The number of thiophene rings is 1. The van der Waals surface area contributed by atoms with Crippen LogP contribution in [0.25, 0.3) is 21.5 Å². The lowest BCUT2D eigenvalue weighted by Crippen LogP contribution is -2.47. The van der Waals surface area contributed by atoms with Gasteiger partial charge in [-0.05, 0) is 89.1 Å². The molecule has 7 heteroatoms. The van der Waals surface area contributed by atoms with Crippen LogP contribution in [0.3, 0.4) is 0 Å². The lowest BCUT2D eigenvalue weighted by atomic mass is 9.88. The zero-order valence-corrected chi connectivity index (χ0v) is 24.8. The fourth-order valence-electron chi connectivity index (χ4n) is 7.26. The molecule has 210 valence electrons. The van der Waals surface area contributed by atoms with Crippen molar-refractivity contribution in [3.05, 3.63) is 45.8 Å². The molecule has 2 aromatic heterocycles. The SMILES string of the molecule is Cc1cc(C)cc(-c2[nH]c3sc(C(C)(C)C(=O)N4C5CCC4CC5)cc3c2CCN2CCN(CCF)CC2)c1. The first kappa shape index (κ1) is 27.0. The maximum Gasteiger partial charge on any atom is 0.233 e. The Bertz CT molecular complexity index is 1310. The first-order valence-electron chi connectivity index (χ1n) is 14.8. The van der Waals surface area contributed by atoms with Gasteiger partial charge in [-0.15, -0.1) is 11.3 Å². The summed E-state index contributed by atoms with van der Waals surface area (Å²) in [6.07, 6.45) is 5.63. The van der Waals surface area contributed by atoms with Gasteiger partial charge in [0, 0.05) is 61.6 Å². The molecule has 1 amide bonds. The summed E-state index contributed by atoms with van der Waals surface area (Å²) < 4.78 is 12.8. The Balaban J connectivity index is 1.30. The van der Waals surface area contributed by atoms with Crippen molar-refractivity contribution in [2.24, 2.45) is 0 Å². The number of aryl methyl sites for hydroxylation is 2. The van der Waals surface area contributed by atoms with Crippen LogP contribution >= 0.6 is 11.3 Å². The number of fused-ring (bicyclic) bond motifs is 3. The molecular formula is C32H43FN4OS. The van der Waals surface area contributed by atoms with Crippen molar-refractivity contribution >= 4 is 27.5 Å². The van der Waals surface area contributed by atoms with E-state index in [1.165, 1.54) is 63.8 Å². The van der Waals surface area contributed by atoms with Crippen LogP contribution in [0.2, 0.25) is 0 Å². The predicted octanol–water partition coefficient (Wildman–Crippen LogP) is 6.07. The van der Waals surface area contributed by atoms with E-state index in [1.807, 2.05) is 0 Å². The summed E-state index contributed by atoms with van der Waals surface area (Å²) >= 11 is 1.76. The van der Waals surface area contributed by atoms with Crippen LogP contribution in [-0.2, 0) is 16.6 Å². The fourth-order valence-corrected chi connectivity index (χ4v) is 8.45. The first-order valence-corrected chi connectivity index (χ1v) is 15.6. The van der Waals surface area contributed by atoms with E-state index in [0.717, 1.165) is 44.0 Å². The fraction of sp³-hybridized carbons (Fsp3) is 0.594. The highest BCUT2D eigenvalue weighted by Gasteiger charge is 2.47. The van der Waals surface area contributed by atoms with Gasteiger partial charge in [-0.25, -0.2) is 4.39 Å². The lowest BCUT2D eigenvalue weighted by Gasteiger charge is -2.34. The molecule has 1 aromatic carbocycles. The van der Waals surface area contributed by atoms with Gasteiger partial charge < -0.3 is 14.8 Å². The summed E-state index contributed by atoms with van der Waals surface area (Å²) in [6.45, 7) is 13.7. The highest BCUT2D eigenvalue weighted by Crippen LogP contribution is 2.44. The molecule has 1 N–H and O–H groups in total. The Morgan fingerprint density at radius 3 is 2.13 bits per heavy atom. The normalized spacial score (nSPS) is 22.4. The number of H-pyrrole nitrogens is 1. The number of carbonyl (C=O) groups is 1. The molecule has 3 aromatic rings. The van der Waals surface area contributed by atoms with Gasteiger partial charge in [-0.3, -0.25) is 9.69 Å². The second-order valence-corrected chi connectivity index (χ2v) is 13.7. The van der Waals surface area contributed by atoms with Crippen molar-refractivity contribution in [1.82, 2.24) is 19.7 Å². The topological polar surface area (TPSA) is 42.6 Å². The van der Waals surface area contributed by atoms with Crippen LogP contribution in [-0.4, -0.2) is 83.6 Å². The van der Waals surface area contributed by atoms with Gasteiger partial charge in [0.05, 0.1) is 11.1 Å². The molecule has 5 nitrogen and oxygen atoms in total. The van der Waals surface area contributed by atoms with E-state index in [0.29, 0.717) is 24.5 Å². The summed E-state index contributed by atoms with van der Waals surface area (Å²) in [7, 11) is 0. The number of piperazine rings is 1. The summed E-state index contributed by atoms with van der Waals surface area (Å²) in [4.78, 5) is 27.0. The van der Waals surface area contributed by atoms with Crippen LogP contribution in [0.15, 0.2) is 24.3 Å². The maximum absolute atomic E-state index is 13.9. The average Bonchev–Trinajstić information content (AvgIpc) is 3.68. The standard InChI is InChI=1S/C32H43FN4OS/c1-21-17-22(2)19-23(18-21)29-26(9-11-35-13-15-36(12-10-33)16-14-35)27-20-28(39-30(27)34-29)32(3,4)31(38)37-24-5-6-25(37)8-7-24/h17-20,24-25,34H,5-16H2,1-4H3. The molecule has 5 heterocycles. The molecule has 0 saturated carbocycles. The smallest absolute Gasteiger partial charge is 0.233 e. The summed E-state index contributed by atoms with van der Waals surface area (Å²) in [5.74, 6) is 0.304. The molecule has 3 saturated heterocycles. The van der Waals surface area contributed by atoms with Gasteiger partial charge >= 0.3 is 0 Å². The van der Waals surface area contributed by atoms with Crippen LogP contribution in [0.1, 0.15) is 61.1 Å². The maximum atomic E-state index is 13.9. The molecular weight excluding hydrogens is 507 g/mol. The second-order valence-electron chi connectivity index (χ2n) is 12.6. The van der Waals surface area contributed by atoms with E-state index in [4.69, 9.17) is 0 Å². The second kappa shape index (κ2) is 10.6. The molecule has 0 atom stereocenters. The number of carbonyl (C=O) groups excluding carboxylic acids is 1. The number of rotatable bonds is 8. The predicted molar refractivity (Wildman–Crippen MR) is 160 cm³/mol. The van der Waals surface area contributed by atoms with Gasteiger partial charge in [-0.1, -0.05) is 17.2 Å².